The van der Waals surface area contributed by atoms with Gasteiger partial charge in [-0.2, -0.15) is 0 Å². The summed E-state index contributed by atoms with van der Waals surface area (Å²) in [6, 6.07) is 6.35. The van der Waals surface area contributed by atoms with Gasteiger partial charge in [-0.3, -0.25) is 4.79 Å². The quantitative estimate of drug-likeness (QED) is 0.843. The van der Waals surface area contributed by atoms with Crippen LogP contribution >= 0.6 is 11.6 Å². The van der Waals surface area contributed by atoms with E-state index in [2.05, 4.69) is 4.98 Å². The molecule has 1 aromatic carbocycles. The molecule has 4 nitrogen and oxygen atoms in total. The molecule has 23 heavy (non-hydrogen) atoms. The highest BCUT2D eigenvalue weighted by Gasteiger charge is 2.27. The van der Waals surface area contributed by atoms with Crippen LogP contribution in [0.4, 0.5) is 15.9 Å². The highest BCUT2D eigenvalue weighted by Crippen LogP contribution is 2.33. The minimum absolute atomic E-state index is 0.224. The Balaban J connectivity index is 2.01. The molecule has 0 aliphatic carbocycles. The maximum atomic E-state index is 14.4. The molecule has 0 fully saturated rings. The molecule has 0 N–H and O–H groups in total. The molecule has 6 heteroatoms. The summed E-state index contributed by atoms with van der Waals surface area (Å²) in [6.07, 6.45) is 3.09. The third-order valence-corrected chi connectivity index (χ3v) is 4.12. The van der Waals surface area contributed by atoms with Gasteiger partial charge in [0.1, 0.15) is 11.6 Å². The molecule has 0 unspecified atom stereocenters. The van der Waals surface area contributed by atoms with Gasteiger partial charge >= 0.3 is 0 Å². The zero-order chi connectivity index (χ0) is 16.6. The Morgan fingerprint density at radius 1 is 1.35 bits per heavy atom. The highest BCUT2D eigenvalue weighted by molar-refractivity contribution is 6.30. The number of aryl methyl sites for hydroxylation is 1. The van der Waals surface area contributed by atoms with Crippen molar-refractivity contribution in [1.82, 2.24) is 4.98 Å². The van der Waals surface area contributed by atoms with Crippen molar-refractivity contribution in [2.75, 3.05) is 30.4 Å². The Hall–Kier alpha value is -2.14. The number of aromatic nitrogens is 1. The summed E-state index contributed by atoms with van der Waals surface area (Å²) < 4.78 is 14.4. The fourth-order valence-electron chi connectivity index (χ4n) is 2.81. The van der Waals surface area contributed by atoms with Gasteiger partial charge in [0.15, 0.2) is 0 Å². The van der Waals surface area contributed by atoms with Crippen LogP contribution in [0.2, 0.25) is 5.02 Å². The summed E-state index contributed by atoms with van der Waals surface area (Å²) in [5.41, 5.74) is 1.61. The van der Waals surface area contributed by atoms with Gasteiger partial charge in [0.05, 0.1) is 5.69 Å². The summed E-state index contributed by atoms with van der Waals surface area (Å²) >= 11 is 5.92. The molecule has 2 heterocycles. The first-order valence-electron chi connectivity index (χ1n) is 7.40. The zero-order valence-electron chi connectivity index (χ0n) is 13.0. The van der Waals surface area contributed by atoms with Crippen molar-refractivity contribution in [2.24, 2.45) is 0 Å². The first kappa shape index (κ1) is 15.7. The van der Waals surface area contributed by atoms with Crippen molar-refractivity contribution >= 4 is 29.0 Å². The minimum atomic E-state index is -0.456. The Morgan fingerprint density at radius 2 is 2.13 bits per heavy atom. The number of halogens is 2. The topological polar surface area (TPSA) is 36.4 Å². The molecule has 120 valence electrons. The predicted molar refractivity (Wildman–Crippen MR) is 90.0 cm³/mol. The van der Waals surface area contributed by atoms with Gasteiger partial charge in [-0.1, -0.05) is 11.6 Å². The van der Waals surface area contributed by atoms with Crippen LogP contribution in [0.1, 0.15) is 22.3 Å². The van der Waals surface area contributed by atoms with E-state index in [0.717, 1.165) is 18.4 Å². The Morgan fingerprint density at radius 3 is 2.87 bits per heavy atom. The van der Waals surface area contributed by atoms with Crippen LogP contribution in [0.3, 0.4) is 0 Å². The van der Waals surface area contributed by atoms with E-state index in [4.69, 9.17) is 11.6 Å². The number of benzene rings is 1. The molecule has 0 bridgehead atoms. The number of anilines is 2. The summed E-state index contributed by atoms with van der Waals surface area (Å²) in [6.45, 7) is 0.490. The molecule has 1 aliphatic heterocycles. The third-order valence-electron chi connectivity index (χ3n) is 3.90. The van der Waals surface area contributed by atoms with E-state index in [0.29, 0.717) is 28.6 Å². The van der Waals surface area contributed by atoms with Gasteiger partial charge in [0.25, 0.3) is 5.91 Å². The molecule has 1 aliphatic rings. The maximum Gasteiger partial charge on any atom is 0.258 e. The van der Waals surface area contributed by atoms with E-state index in [-0.39, 0.29) is 5.91 Å². The van der Waals surface area contributed by atoms with Crippen LogP contribution in [-0.2, 0) is 6.42 Å². The lowest BCUT2D eigenvalue weighted by atomic mass is 10.0. The summed E-state index contributed by atoms with van der Waals surface area (Å²) in [7, 11) is 3.71. The predicted octanol–water partition coefficient (Wildman–Crippen LogP) is 3.53. The fraction of sp³-hybridized carbons (Fsp3) is 0.294. The van der Waals surface area contributed by atoms with Gasteiger partial charge < -0.3 is 9.80 Å². The van der Waals surface area contributed by atoms with Crippen molar-refractivity contribution in [3.63, 3.8) is 0 Å². The largest absolute Gasteiger partial charge is 0.363 e. The normalized spacial score (nSPS) is 13.7. The van der Waals surface area contributed by atoms with Crippen LogP contribution in [0.15, 0.2) is 30.5 Å². The Kier molecular flexibility index (Phi) is 4.22. The van der Waals surface area contributed by atoms with Crippen molar-refractivity contribution in [1.29, 1.82) is 0 Å². The lowest BCUT2D eigenvalue weighted by Gasteiger charge is -2.30. The lowest BCUT2D eigenvalue weighted by Crippen LogP contribution is -2.36. The molecule has 1 amide bonds. The van der Waals surface area contributed by atoms with Crippen LogP contribution in [0.5, 0.6) is 0 Å². The molecule has 3 rings (SSSR count). The zero-order valence-corrected chi connectivity index (χ0v) is 13.8. The van der Waals surface area contributed by atoms with E-state index in [1.165, 1.54) is 11.0 Å². The molecule has 0 spiro atoms. The number of hydrogen-bond acceptors (Lipinski definition) is 3. The van der Waals surface area contributed by atoms with E-state index in [1.54, 1.807) is 24.4 Å². The highest BCUT2D eigenvalue weighted by atomic mass is 35.5. The fourth-order valence-corrected chi connectivity index (χ4v) is 3.03. The van der Waals surface area contributed by atoms with Crippen LogP contribution in [0.25, 0.3) is 0 Å². The smallest absolute Gasteiger partial charge is 0.258 e. The molecule has 1 aromatic heterocycles. The van der Waals surface area contributed by atoms with Crippen molar-refractivity contribution < 1.29 is 9.18 Å². The summed E-state index contributed by atoms with van der Waals surface area (Å²) in [4.78, 5) is 20.4. The molecule has 2 aromatic rings. The van der Waals surface area contributed by atoms with E-state index in [9.17, 15) is 9.18 Å². The maximum absolute atomic E-state index is 14.4. The lowest BCUT2D eigenvalue weighted by molar-refractivity contribution is 0.0984. The Labute approximate surface area is 139 Å². The second kappa shape index (κ2) is 6.16. The number of amides is 1. The second-order valence-corrected chi connectivity index (χ2v) is 6.19. The molecule has 0 atom stereocenters. The van der Waals surface area contributed by atoms with Gasteiger partial charge in [0.2, 0.25) is 0 Å². The standard InChI is InChI=1S/C17H17ClFN3O/c1-21(2)15-9-12(5-6-20-15)17(23)22-7-3-4-11-8-13(18)10-14(19)16(11)22/h5-6,8-10H,3-4,7H2,1-2H3. The number of rotatable bonds is 2. The molecular weight excluding hydrogens is 317 g/mol. The number of fused-ring (bicyclic) bond motifs is 1. The number of pyridine rings is 1. The van der Waals surface area contributed by atoms with Gasteiger partial charge in [-0.25, -0.2) is 9.37 Å². The second-order valence-electron chi connectivity index (χ2n) is 5.75. The monoisotopic (exact) mass is 333 g/mol. The van der Waals surface area contributed by atoms with Gasteiger partial charge in [0, 0.05) is 37.4 Å². The third kappa shape index (κ3) is 3.01. The van der Waals surface area contributed by atoms with Crippen molar-refractivity contribution in [2.45, 2.75) is 12.8 Å². The SMILES string of the molecule is CN(C)c1cc(C(=O)N2CCCc3cc(Cl)cc(F)c32)ccn1. The number of carbonyl (C=O) groups is 1. The minimum Gasteiger partial charge on any atom is -0.363 e. The molecule has 0 radical (unpaired) electrons. The van der Waals surface area contributed by atoms with E-state index in [1.807, 2.05) is 19.0 Å². The molecule has 0 saturated carbocycles. The number of nitrogens with zero attached hydrogens (tertiary/aromatic N) is 3. The average Bonchev–Trinajstić information content (AvgIpc) is 2.53. The average molecular weight is 334 g/mol. The first-order valence-corrected chi connectivity index (χ1v) is 7.78. The van der Waals surface area contributed by atoms with Crippen LogP contribution < -0.4 is 9.80 Å². The van der Waals surface area contributed by atoms with Crippen LogP contribution in [-0.4, -0.2) is 31.5 Å². The summed E-state index contributed by atoms with van der Waals surface area (Å²) in [5, 5.41) is 0.356. The van der Waals surface area contributed by atoms with Crippen LogP contribution in [0, 0.1) is 5.82 Å². The van der Waals surface area contributed by atoms with E-state index >= 15 is 0 Å². The number of hydrogen-bond donors (Lipinski definition) is 0. The first-order chi connectivity index (χ1) is 11.0. The molecule has 0 saturated heterocycles. The van der Waals surface area contributed by atoms with Crippen molar-refractivity contribution in [3.05, 3.63) is 52.4 Å². The van der Waals surface area contributed by atoms with Gasteiger partial charge in [-0.05, 0) is 42.7 Å². The van der Waals surface area contributed by atoms with Gasteiger partial charge in [-0.15, -0.1) is 0 Å². The summed E-state index contributed by atoms with van der Waals surface area (Å²) in [5.74, 6) is 0.00442. The van der Waals surface area contributed by atoms with Crippen molar-refractivity contribution in [3.8, 4) is 0 Å². The number of carbonyl (C=O) groups excluding carboxylic acids is 1. The Bertz CT molecular complexity index is 763. The van der Waals surface area contributed by atoms with E-state index < -0.39 is 5.82 Å². The molecular formula is C17H17ClFN3O.